The highest BCUT2D eigenvalue weighted by Gasteiger charge is 2.32. The molecule has 1 aromatic carbocycles. The molecule has 3 rings (SSSR count). The summed E-state index contributed by atoms with van der Waals surface area (Å²) >= 11 is 0. The molecule has 5 heteroatoms. The Labute approximate surface area is 153 Å². The van der Waals surface area contributed by atoms with E-state index in [0.29, 0.717) is 42.9 Å². The Morgan fingerprint density at radius 3 is 2.58 bits per heavy atom. The molecule has 0 spiro atoms. The van der Waals surface area contributed by atoms with Crippen molar-refractivity contribution in [1.82, 2.24) is 4.98 Å². The maximum Gasteiger partial charge on any atom is 0.355 e. The number of hydrogen-bond acceptors (Lipinski definition) is 4. The van der Waals surface area contributed by atoms with Crippen LogP contribution in [-0.4, -0.2) is 30.0 Å². The Morgan fingerprint density at radius 2 is 1.92 bits per heavy atom. The van der Waals surface area contributed by atoms with E-state index in [1.807, 2.05) is 45.0 Å². The van der Waals surface area contributed by atoms with Gasteiger partial charge in [0.15, 0.2) is 5.78 Å². The Hall–Kier alpha value is -2.56. The average Bonchev–Trinajstić information content (AvgIpc) is 2.98. The van der Waals surface area contributed by atoms with Crippen LogP contribution < -0.4 is 4.74 Å². The number of carbonyl (C=O) groups excluding carboxylic acids is 2. The maximum absolute atomic E-state index is 12.7. The number of ketones is 1. The van der Waals surface area contributed by atoms with Gasteiger partial charge < -0.3 is 14.5 Å². The van der Waals surface area contributed by atoms with Gasteiger partial charge in [-0.2, -0.15) is 0 Å². The predicted molar refractivity (Wildman–Crippen MR) is 99.1 cm³/mol. The van der Waals surface area contributed by atoms with Crippen LogP contribution in [0.15, 0.2) is 24.3 Å². The highest BCUT2D eigenvalue weighted by atomic mass is 16.5. The van der Waals surface area contributed by atoms with Crippen molar-refractivity contribution in [3.8, 4) is 5.75 Å². The van der Waals surface area contributed by atoms with E-state index >= 15 is 0 Å². The smallest absolute Gasteiger partial charge is 0.355 e. The van der Waals surface area contributed by atoms with E-state index in [9.17, 15) is 9.59 Å². The number of Topliss-reactive ketones (excluding diaryl/α,β-unsaturated/α-hetero) is 1. The summed E-state index contributed by atoms with van der Waals surface area (Å²) in [6.07, 6.45) is 1.92. The first-order valence-corrected chi connectivity index (χ1v) is 9.19. The van der Waals surface area contributed by atoms with E-state index in [-0.39, 0.29) is 17.7 Å². The fourth-order valence-electron chi connectivity index (χ4n) is 3.54. The van der Waals surface area contributed by atoms with Gasteiger partial charge in [-0.25, -0.2) is 4.79 Å². The molecular formula is C21H25NO4. The van der Waals surface area contributed by atoms with Crippen molar-refractivity contribution < 1.29 is 19.1 Å². The second-order valence-corrected chi connectivity index (χ2v) is 6.64. The molecule has 1 heterocycles. The number of carbonyl (C=O) groups is 2. The van der Waals surface area contributed by atoms with Gasteiger partial charge >= 0.3 is 5.97 Å². The topological polar surface area (TPSA) is 68.4 Å². The van der Waals surface area contributed by atoms with Crippen molar-refractivity contribution in [3.05, 3.63) is 52.3 Å². The van der Waals surface area contributed by atoms with Gasteiger partial charge in [0.25, 0.3) is 0 Å². The van der Waals surface area contributed by atoms with Gasteiger partial charge in [0.05, 0.1) is 13.2 Å². The van der Waals surface area contributed by atoms with Crippen molar-refractivity contribution >= 4 is 11.8 Å². The molecule has 0 radical (unpaired) electrons. The van der Waals surface area contributed by atoms with Crippen LogP contribution in [0.4, 0.5) is 0 Å². The van der Waals surface area contributed by atoms with E-state index in [1.165, 1.54) is 0 Å². The maximum atomic E-state index is 12.7. The zero-order valence-corrected chi connectivity index (χ0v) is 15.6. The van der Waals surface area contributed by atoms with Crippen LogP contribution in [0.5, 0.6) is 5.75 Å². The van der Waals surface area contributed by atoms with Crippen LogP contribution in [0.3, 0.4) is 0 Å². The van der Waals surface area contributed by atoms with E-state index in [2.05, 4.69) is 4.98 Å². The summed E-state index contributed by atoms with van der Waals surface area (Å²) in [5.74, 6) is 0.622. The highest BCUT2D eigenvalue weighted by Crippen LogP contribution is 2.35. The van der Waals surface area contributed by atoms with Crippen molar-refractivity contribution in [2.75, 3.05) is 13.2 Å². The van der Waals surface area contributed by atoms with Crippen molar-refractivity contribution in [2.24, 2.45) is 0 Å². The molecular weight excluding hydrogens is 330 g/mol. The van der Waals surface area contributed by atoms with Crippen LogP contribution in [0.1, 0.15) is 70.3 Å². The summed E-state index contributed by atoms with van der Waals surface area (Å²) in [4.78, 5) is 28.1. The molecule has 1 aliphatic carbocycles. The lowest BCUT2D eigenvalue weighted by atomic mass is 9.81. The summed E-state index contributed by atoms with van der Waals surface area (Å²) in [5, 5.41) is 0. The van der Waals surface area contributed by atoms with E-state index in [1.54, 1.807) is 0 Å². The number of nitrogens with one attached hydrogen (secondary N) is 1. The Bertz CT molecular complexity index is 804. The summed E-state index contributed by atoms with van der Waals surface area (Å²) < 4.78 is 10.7. The molecule has 0 bridgehead atoms. The number of aromatic nitrogens is 1. The number of aromatic amines is 1. The first-order chi connectivity index (χ1) is 12.5. The van der Waals surface area contributed by atoms with Crippen molar-refractivity contribution in [1.29, 1.82) is 0 Å². The highest BCUT2D eigenvalue weighted by molar-refractivity contribution is 6.03. The van der Waals surface area contributed by atoms with Gasteiger partial charge in [-0.1, -0.05) is 19.1 Å². The average molecular weight is 355 g/mol. The molecule has 138 valence electrons. The SMILES string of the molecule is CCCOC(=O)c1[nH]c2c(c1C)C(=O)C[C@H](c1ccc(OCC)cc1)C2. The molecule has 0 amide bonds. The summed E-state index contributed by atoms with van der Waals surface area (Å²) in [5.41, 5.74) is 3.71. The van der Waals surface area contributed by atoms with Gasteiger partial charge in [-0.15, -0.1) is 0 Å². The van der Waals surface area contributed by atoms with Crippen molar-refractivity contribution in [3.63, 3.8) is 0 Å². The number of hydrogen-bond donors (Lipinski definition) is 1. The normalized spacial score (nSPS) is 16.3. The van der Waals surface area contributed by atoms with Gasteiger partial charge in [0.2, 0.25) is 0 Å². The number of ether oxygens (including phenoxy) is 2. The second-order valence-electron chi connectivity index (χ2n) is 6.64. The minimum Gasteiger partial charge on any atom is -0.494 e. The molecule has 26 heavy (non-hydrogen) atoms. The summed E-state index contributed by atoms with van der Waals surface area (Å²) in [6.45, 7) is 6.72. The molecule has 5 nitrogen and oxygen atoms in total. The monoisotopic (exact) mass is 355 g/mol. The largest absolute Gasteiger partial charge is 0.494 e. The fourth-order valence-corrected chi connectivity index (χ4v) is 3.54. The number of esters is 1. The third-order valence-corrected chi connectivity index (χ3v) is 4.79. The lowest BCUT2D eigenvalue weighted by molar-refractivity contribution is 0.0498. The Balaban J connectivity index is 1.83. The molecule has 1 aromatic heterocycles. The number of rotatable bonds is 6. The molecule has 1 N–H and O–H groups in total. The zero-order chi connectivity index (χ0) is 18.7. The van der Waals surface area contributed by atoms with Crippen LogP contribution in [-0.2, 0) is 11.2 Å². The molecule has 0 aliphatic heterocycles. The van der Waals surface area contributed by atoms with Gasteiger partial charge in [0, 0.05) is 17.7 Å². The second kappa shape index (κ2) is 7.77. The Kier molecular flexibility index (Phi) is 5.45. The van der Waals surface area contributed by atoms with E-state index < -0.39 is 0 Å². The van der Waals surface area contributed by atoms with E-state index in [0.717, 1.165) is 23.4 Å². The fraction of sp³-hybridized carbons (Fsp3) is 0.429. The Morgan fingerprint density at radius 1 is 1.19 bits per heavy atom. The van der Waals surface area contributed by atoms with Crippen molar-refractivity contribution in [2.45, 2.75) is 46.0 Å². The molecule has 1 aliphatic rings. The van der Waals surface area contributed by atoms with Gasteiger partial charge in [-0.05, 0) is 55.9 Å². The van der Waals surface area contributed by atoms with Crippen LogP contribution >= 0.6 is 0 Å². The van der Waals surface area contributed by atoms with Gasteiger partial charge in [-0.3, -0.25) is 4.79 Å². The van der Waals surface area contributed by atoms with E-state index in [4.69, 9.17) is 9.47 Å². The predicted octanol–water partition coefficient (Wildman–Crippen LogP) is 4.20. The molecule has 1 atom stereocenters. The molecule has 0 fully saturated rings. The molecule has 0 saturated carbocycles. The molecule has 0 saturated heterocycles. The number of fused-ring (bicyclic) bond motifs is 1. The lowest BCUT2D eigenvalue weighted by Gasteiger charge is -2.22. The minimum absolute atomic E-state index is 0.0772. The standard InChI is InChI=1S/C21H25NO4/c1-4-10-26-21(24)20-13(3)19-17(22-20)11-15(12-18(19)23)14-6-8-16(9-7-14)25-5-2/h6-9,15,22H,4-5,10-12H2,1-3H3/t15-/m1/s1. The zero-order valence-electron chi connectivity index (χ0n) is 15.6. The molecule has 0 unspecified atom stereocenters. The minimum atomic E-state index is -0.385. The first kappa shape index (κ1) is 18.2. The lowest BCUT2D eigenvalue weighted by Crippen LogP contribution is -2.18. The third kappa shape index (κ3) is 3.52. The van der Waals surface area contributed by atoms with Crippen LogP contribution in [0, 0.1) is 6.92 Å². The van der Waals surface area contributed by atoms with Crippen LogP contribution in [0.2, 0.25) is 0 Å². The van der Waals surface area contributed by atoms with Crippen LogP contribution in [0.25, 0.3) is 0 Å². The first-order valence-electron chi connectivity index (χ1n) is 9.19. The summed E-state index contributed by atoms with van der Waals surface area (Å²) in [6, 6.07) is 7.90. The summed E-state index contributed by atoms with van der Waals surface area (Å²) in [7, 11) is 0. The number of benzene rings is 1. The molecule has 2 aromatic rings. The third-order valence-electron chi connectivity index (χ3n) is 4.79. The number of H-pyrrole nitrogens is 1. The quantitative estimate of drug-likeness (QED) is 0.789. The van der Waals surface area contributed by atoms with Gasteiger partial charge in [0.1, 0.15) is 11.4 Å².